The van der Waals surface area contributed by atoms with Crippen LogP contribution in [0.2, 0.25) is 5.02 Å². The molecule has 17 heavy (non-hydrogen) atoms. The predicted molar refractivity (Wildman–Crippen MR) is 62.1 cm³/mol. The fraction of sp³-hybridized carbons (Fsp3) is 0. The Morgan fingerprint density at radius 3 is 2.82 bits per heavy atom. The van der Waals surface area contributed by atoms with Crippen molar-refractivity contribution in [2.24, 2.45) is 0 Å². The lowest BCUT2D eigenvalue weighted by Crippen LogP contribution is -2.16. The van der Waals surface area contributed by atoms with E-state index >= 15 is 0 Å². The Morgan fingerprint density at radius 1 is 1.35 bits per heavy atom. The van der Waals surface area contributed by atoms with E-state index in [9.17, 15) is 9.59 Å². The number of carbonyl (C=O) groups excluding carboxylic acids is 1. The van der Waals surface area contributed by atoms with E-state index in [0.29, 0.717) is 0 Å². The average Bonchev–Trinajstić information content (AvgIpc) is 2.32. The third-order valence-corrected chi connectivity index (χ3v) is 2.24. The van der Waals surface area contributed by atoms with E-state index in [1.54, 1.807) is 0 Å². The molecule has 0 spiro atoms. The van der Waals surface area contributed by atoms with Crippen LogP contribution in [0.5, 0.6) is 0 Å². The van der Waals surface area contributed by atoms with Crippen molar-refractivity contribution in [1.29, 1.82) is 0 Å². The molecule has 0 radical (unpaired) electrons. The lowest BCUT2D eigenvalue weighted by molar-refractivity contribution is 0.102. The highest BCUT2D eigenvalue weighted by atomic mass is 35.5. The number of carbonyl (C=O) groups is 1. The van der Waals surface area contributed by atoms with Gasteiger partial charge in [-0.2, -0.15) is 5.10 Å². The summed E-state index contributed by atoms with van der Waals surface area (Å²) >= 11 is 5.81. The Bertz CT molecular complexity index is 591. The molecule has 1 amide bonds. The van der Waals surface area contributed by atoms with Crippen LogP contribution in [0, 0.1) is 0 Å². The van der Waals surface area contributed by atoms with Crippen LogP contribution in [0.4, 0.5) is 5.82 Å². The number of aromatic amines is 1. The summed E-state index contributed by atoms with van der Waals surface area (Å²) in [5.74, 6) is -0.181. The Hall–Kier alpha value is -2.21. The van der Waals surface area contributed by atoms with Crippen molar-refractivity contribution >= 4 is 23.3 Å². The molecule has 2 N–H and O–H groups in total. The molecular weight excluding hydrogens is 244 g/mol. The molecule has 2 heterocycles. The number of anilines is 1. The topological polar surface area (TPSA) is 87.7 Å². The van der Waals surface area contributed by atoms with Gasteiger partial charge in [-0.3, -0.25) is 14.6 Å². The lowest BCUT2D eigenvalue weighted by atomic mass is 10.2. The Kier molecular flexibility index (Phi) is 3.15. The lowest BCUT2D eigenvalue weighted by Gasteiger charge is -2.04. The molecule has 0 unspecified atom stereocenters. The first-order valence-corrected chi connectivity index (χ1v) is 5.01. The third kappa shape index (κ3) is 2.67. The molecular formula is C10H7ClN4O2. The maximum absolute atomic E-state index is 11.8. The standard InChI is InChI=1S/C10H7ClN4O2/c11-7-5-12-4-3-6(7)10(17)13-8-1-2-9(16)15-14-8/h1-5H,(H,15,16)(H,13,14,17). The van der Waals surface area contributed by atoms with Gasteiger partial charge in [0.2, 0.25) is 0 Å². The number of hydrogen-bond donors (Lipinski definition) is 2. The number of nitrogens with one attached hydrogen (secondary N) is 2. The molecule has 86 valence electrons. The number of nitrogens with zero attached hydrogens (tertiary/aromatic N) is 2. The zero-order valence-corrected chi connectivity index (χ0v) is 9.23. The largest absolute Gasteiger partial charge is 0.305 e. The Balaban J connectivity index is 2.20. The summed E-state index contributed by atoms with van der Waals surface area (Å²) in [4.78, 5) is 26.3. The number of halogens is 1. The van der Waals surface area contributed by atoms with Crippen LogP contribution in [-0.2, 0) is 0 Å². The summed E-state index contributed by atoms with van der Waals surface area (Å²) in [6.45, 7) is 0. The van der Waals surface area contributed by atoms with Crippen molar-refractivity contribution < 1.29 is 4.79 Å². The molecule has 0 aliphatic carbocycles. The van der Waals surface area contributed by atoms with E-state index in [1.807, 2.05) is 0 Å². The molecule has 2 aromatic rings. The molecule has 0 bridgehead atoms. The van der Waals surface area contributed by atoms with Crippen molar-refractivity contribution in [1.82, 2.24) is 15.2 Å². The van der Waals surface area contributed by atoms with E-state index < -0.39 is 5.91 Å². The predicted octanol–water partition coefficient (Wildman–Crippen LogP) is 1.07. The molecule has 0 aliphatic heterocycles. The highest BCUT2D eigenvalue weighted by Gasteiger charge is 2.10. The van der Waals surface area contributed by atoms with Gasteiger partial charge >= 0.3 is 0 Å². The summed E-state index contributed by atoms with van der Waals surface area (Å²) in [6.07, 6.45) is 2.83. The van der Waals surface area contributed by atoms with Crippen molar-refractivity contribution in [3.05, 3.63) is 51.5 Å². The van der Waals surface area contributed by atoms with Gasteiger partial charge in [0.05, 0.1) is 10.6 Å². The number of H-pyrrole nitrogens is 1. The van der Waals surface area contributed by atoms with Gasteiger partial charge in [0.25, 0.3) is 11.5 Å². The first-order valence-electron chi connectivity index (χ1n) is 4.63. The van der Waals surface area contributed by atoms with Crippen LogP contribution < -0.4 is 10.9 Å². The van der Waals surface area contributed by atoms with Crippen LogP contribution in [0.15, 0.2) is 35.4 Å². The van der Waals surface area contributed by atoms with E-state index in [-0.39, 0.29) is 22.0 Å². The third-order valence-electron chi connectivity index (χ3n) is 1.94. The molecule has 0 aliphatic rings. The normalized spacial score (nSPS) is 9.94. The van der Waals surface area contributed by atoms with Gasteiger partial charge in [0.15, 0.2) is 5.82 Å². The van der Waals surface area contributed by atoms with E-state index in [4.69, 9.17) is 11.6 Å². The zero-order valence-electron chi connectivity index (χ0n) is 8.48. The van der Waals surface area contributed by atoms with Gasteiger partial charge in [-0.15, -0.1) is 0 Å². The van der Waals surface area contributed by atoms with Crippen LogP contribution in [0.25, 0.3) is 0 Å². The first-order chi connectivity index (χ1) is 8.16. The second-order valence-corrected chi connectivity index (χ2v) is 3.52. The second-order valence-electron chi connectivity index (χ2n) is 3.12. The summed E-state index contributed by atoms with van der Waals surface area (Å²) in [6, 6.07) is 4.14. The maximum atomic E-state index is 11.8. The number of pyridine rings is 1. The fourth-order valence-corrected chi connectivity index (χ4v) is 1.36. The monoisotopic (exact) mass is 250 g/mol. The van der Waals surface area contributed by atoms with Crippen LogP contribution in [0.3, 0.4) is 0 Å². The quantitative estimate of drug-likeness (QED) is 0.835. The Labute approximate surface area is 101 Å². The molecule has 0 atom stereocenters. The number of aromatic nitrogens is 3. The van der Waals surface area contributed by atoms with Crippen molar-refractivity contribution in [3.8, 4) is 0 Å². The maximum Gasteiger partial charge on any atom is 0.264 e. The minimum Gasteiger partial charge on any atom is -0.305 e. The van der Waals surface area contributed by atoms with Gasteiger partial charge in [-0.25, -0.2) is 5.10 Å². The van der Waals surface area contributed by atoms with E-state index in [0.717, 1.165) is 0 Å². The van der Waals surface area contributed by atoms with Gasteiger partial charge in [-0.1, -0.05) is 11.6 Å². The van der Waals surface area contributed by atoms with Crippen LogP contribution in [-0.4, -0.2) is 21.1 Å². The molecule has 2 aromatic heterocycles. The molecule has 7 heteroatoms. The van der Waals surface area contributed by atoms with E-state index in [1.165, 1.54) is 30.6 Å². The highest BCUT2D eigenvalue weighted by Crippen LogP contribution is 2.14. The molecule has 0 aromatic carbocycles. The summed E-state index contributed by atoms with van der Waals surface area (Å²) < 4.78 is 0. The molecule has 0 fully saturated rings. The number of rotatable bonds is 2. The summed E-state index contributed by atoms with van der Waals surface area (Å²) in [5, 5.41) is 8.59. The van der Waals surface area contributed by atoms with Gasteiger partial charge in [0, 0.05) is 18.5 Å². The minimum absolute atomic E-state index is 0.238. The average molecular weight is 251 g/mol. The molecule has 2 rings (SSSR count). The van der Waals surface area contributed by atoms with Crippen molar-refractivity contribution in [2.45, 2.75) is 0 Å². The van der Waals surface area contributed by atoms with Crippen molar-refractivity contribution in [3.63, 3.8) is 0 Å². The Morgan fingerprint density at radius 2 is 2.18 bits per heavy atom. The SMILES string of the molecule is O=C(Nc1ccc(=O)[nH]n1)c1ccncc1Cl. The number of hydrogen-bond acceptors (Lipinski definition) is 4. The molecule has 0 saturated carbocycles. The van der Waals surface area contributed by atoms with Crippen LogP contribution >= 0.6 is 11.6 Å². The fourth-order valence-electron chi connectivity index (χ4n) is 1.16. The van der Waals surface area contributed by atoms with Gasteiger partial charge < -0.3 is 5.32 Å². The first kappa shape index (κ1) is 11.3. The second kappa shape index (κ2) is 4.75. The summed E-state index contributed by atoms with van der Waals surface area (Å²) in [7, 11) is 0. The van der Waals surface area contributed by atoms with Gasteiger partial charge in [-0.05, 0) is 12.1 Å². The van der Waals surface area contributed by atoms with E-state index in [2.05, 4.69) is 20.5 Å². The zero-order chi connectivity index (χ0) is 12.3. The molecule has 6 nitrogen and oxygen atoms in total. The van der Waals surface area contributed by atoms with Gasteiger partial charge in [0.1, 0.15) is 0 Å². The van der Waals surface area contributed by atoms with Crippen LogP contribution in [0.1, 0.15) is 10.4 Å². The molecule has 0 saturated heterocycles. The minimum atomic E-state index is -0.419. The smallest absolute Gasteiger partial charge is 0.264 e. The number of amides is 1. The summed E-state index contributed by atoms with van der Waals surface area (Å²) in [5.41, 5.74) is -0.0559. The highest BCUT2D eigenvalue weighted by molar-refractivity contribution is 6.34. The van der Waals surface area contributed by atoms with Crippen molar-refractivity contribution in [2.75, 3.05) is 5.32 Å².